The molecule has 0 bridgehead atoms. The Bertz CT molecular complexity index is 623. The zero-order chi connectivity index (χ0) is 15.8. The van der Waals surface area contributed by atoms with Crippen molar-refractivity contribution < 1.29 is 18.7 Å². The summed E-state index contributed by atoms with van der Waals surface area (Å²) in [6, 6.07) is 10.1. The van der Waals surface area contributed by atoms with Gasteiger partial charge in [0.15, 0.2) is 0 Å². The van der Waals surface area contributed by atoms with Crippen molar-refractivity contribution in [2.24, 2.45) is 0 Å². The number of carbonyl (C=O) groups excluding carboxylic acids is 2. The van der Waals surface area contributed by atoms with Gasteiger partial charge in [-0.3, -0.25) is 9.59 Å². The van der Waals surface area contributed by atoms with E-state index in [1.54, 1.807) is 49.8 Å². The Hall–Kier alpha value is -2.60. The first-order valence-electron chi connectivity index (χ1n) is 6.88. The molecule has 2 N–H and O–H groups in total. The minimum Gasteiger partial charge on any atom is -0.467 e. The van der Waals surface area contributed by atoms with Crippen LogP contribution in [-0.4, -0.2) is 32.1 Å². The van der Waals surface area contributed by atoms with Crippen molar-refractivity contribution in [1.82, 2.24) is 10.6 Å². The zero-order valence-electron chi connectivity index (χ0n) is 12.3. The van der Waals surface area contributed by atoms with E-state index >= 15 is 0 Å². The third-order valence-electron chi connectivity index (χ3n) is 2.98. The van der Waals surface area contributed by atoms with Gasteiger partial charge in [-0.15, -0.1) is 0 Å². The molecule has 0 aliphatic heterocycles. The third-order valence-corrected chi connectivity index (χ3v) is 2.98. The standard InChI is InChI=1S/C16H18N2O4/c1-21-9-7-17-15(19)12-4-2-5-13(10-12)16(20)18-11-14-6-3-8-22-14/h2-6,8,10H,7,9,11H2,1H3,(H,17,19)(H,18,20). The van der Waals surface area contributed by atoms with Crippen molar-refractivity contribution in [1.29, 1.82) is 0 Å². The van der Waals surface area contributed by atoms with Crippen LogP contribution in [0.4, 0.5) is 0 Å². The summed E-state index contributed by atoms with van der Waals surface area (Å²) >= 11 is 0. The maximum absolute atomic E-state index is 12.1. The largest absolute Gasteiger partial charge is 0.467 e. The van der Waals surface area contributed by atoms with Gasteiger partial charge in [0.2, 0.25) is 0 Å². The number of nitrogens with one attached hydrogen (secondary N) is 2. The van der Waals surface area contributed by atoms with E-state index in [1.807, 2.05) is 0 Å². The third kappa shape index (κ3) is 4.46. The summed E-state index contributed by atoms with van der Waals surface area (Å²) < 4.78 is 10.0. The molecule has 0 saturated carbocycles. The fourth-order valence-corrected chi connectivity index (χ4v) is 1.85. The molecule has 2 amide bonds. The number of rotatable bonds is 7. The predicted octanol–water partition coefficient (Wildman–Crippen LogP) is 1.59. The second kappa shape index (κ2) is 7.99. The van der Waals surface area contributed by atoms with E-state index < -0.39 is 0 Å². The van der Waals surface area contributed by atoms with Gasteiger partial charge in [0.1, 0.15) is 5.76 Å². The summed E-state index contributed by atoms with van der Waals surface area (Å²) in [4.78, 5) is 24.0. The minimum absolute atomic E-state index is 0.238. The molecule has 0 aliphatic carbocycles. The van der Waals surface area contributed by atoms with Crippen LogP contribution in [0.2, 0.25) is 0 Å². The number of carbonyl (C=O) groups is 2. The number of ether oxygens (including phenoxy) is 1. The monoisotopic (exact) mass is 302 g/mol. The van der Waals surface area contributed by atoms with E-state index in [2.05, 4.69) is 10.6 Å². The molecule has 0 saturated heterocycles. The SMILES string of the molecule is COCCNC(=O)c1cccc(C(=O)NCc2ccco2)c1. The van der Waals surface area contributed by atoms with Gasteiger partial charge in [-0.1, -0.05) is 6.07 Å². The number of amides is 2. The first-order chi connectivity index (χ1) is 10.7. The summed E-state index contributed by atoms with van der Waals surface area (Å²) in [5.41, 5.74) is 0.854. The summed E-state index contributed by atoms with van der Waals surface area (Å²) in [5.74, 6) is 0.169. The van der Waals surface area contributed by atoms with Crippen LogP contribution in [-0.2, 0) is 11.3 Å². The van der Waals surface area contributed by atoms with Crippen molar-refractivity contribution in [2.75, 3.05) is 20.3 Å². The lowest BCUT2D eigenvalue weighted by atomic mass is 10.1. The fraction of sp³-hybridized carbons (Fsp3) is 0.250. The second-order valence-electron chi connectivity index (χ2n) is 4.59. The van der Waals surface area contributed by atoms with Crippen LogP contribution in [0.15, 0.2) is 47.1 Å². The Morgan fingerprint density at radius 2 is 1.82 bits per heavy atom. The van der Waals surface area contributed by atoms with Crippen LogP contribution in [0.1, 0.15) is 26.5 Å². The van der Waals surface area contributed by atoms with E-state index in [1.165, 1.54) is 0 Å². The Kier molecular flexibility index (Phi) is 5.73. The molecule has 6 heteroatoms. The lowest BCUT2D eigenvalue weighted by Gasteiger charge is -2.07. The summed E-state index contributed by atoms with van der Waals surface area (Å²) in [7, 11) is 1.57. The molecule has 0 unspecified atom stereocenters. The van der Waals surface area contributed by atoms with Crippen LogP contribution in [0.5, 0.6) is 0 Å². The summed E-state index contributed by atoms with van der Waals surface area (Å²) in [6.45, 7) is 1.16. The van der Waals surface area contributed by atoms with Crippen LogP contribution in [0.25, 0.3) is 0 Å². The molecule has 1 aromatic heterocycles. The van der Waals surface area contributed by atoms with Gasteiger partial charge in [-0.05, 0) is 30.3 Å². The van der Waals surface area contributed by atoms with E-state index in [4.69, 9.17) is 9.15 Å². The summed E-state index contributed by atoms with van der Waals surface area (Å²) in [5, 5.41) is 5.45. The second-order valence-corrected chi connectivity index (χ2v) is 4.59. The van der Waals surface area contributed by atoms with Gasteiger partial charge >= 0.3 is 0 Å². The average Bonchev–Trinajstić information content (AvgIpc) is 3.06. The van der Waals surface area contributed by atoms with Gasteiger partial charge in [0.05, 0.1) is 19.4 Å². The van der Waals surface area contributed by atoms with Crippen molar-refractivity contribution in [2.45, 2.75) is 6.54 Å². The van der Waals surface area contributed by atoms with Gasteiger partial charge in [0, 0.05) is 24.8 Å². The van der Waals surface area contributed by atoms with Crippen LogP contribution in [0.3, 0.4) is 0 Å². The topological polar surface area (TPSA) is 80.6 Å². The average molecular weight is 302 g/mol. The minimum atomic E-state index is -0.261. The van der Waals surface area contributed by atoms with Crippen molar-refractivity contribution in [3.63, 3.8) is 0 Å². The quantitative estimate of drug-likeness (QED) is 0.761. The van der Waals surface area contributed by atoms with E-state index in [0.717, 1.165) is 0 Å². The molecule has 2 rings (SSSR count). The van der Waals surface area contributed by atoms with Crippen molar-refractivity contribution in [3.05, 3.63) is 59.5 Å². The maximum Gasteiger partial charge on any atom is 0.251 e. The summed E-state index contributed by atoms with van der Waals surface area (Å²) in [6.07, 6.45) is 1.55. The fourth-order valence-electron chi connectivity index (χ4n) is 1.85. The molecular formula is C16H18N2O4. The highest BCUT2D eigenvalue weighted by atomic mass is 16.5. The van der Waals surface area contributed by atoms with Crippen LogP contribution in [0, 0.1) is 0 Å². The highest BCUT2D eigenvalue weighted by Crippen LogP contribution is 2.06. The molecular weight excluding hydrogens is 284 g/mol. The Balaban J connectivity index is 1.95. The molecule has 1 aromatic carbocycles. The lowest BCUT2D eigenvalue weighted by Crippen LogP contribution is -2.27. The Morgan fingerprint density at radius 1 is 1.09 bits per heavy atom. The normalized spacial score (nSPS) is 10.2. The molecule has 0 aliphatic rings. The number of furan rings is 1. The maximum atomic E-state index is 12.1. The molecule has 0 fully saturated rings. The van der Waals surface area contributed by atoms with Crippen molar-refractivity contribution in [3.8, 4) is 0 Å². The molecule has 0 spiro atoms. The van der Waals surface area contributed by atoms with Gasteiger partial charge in [-0.2, -0.15) is 0 Å². The van der Waals surface area contributed by atoms with Crippen LogP contribution < -0.4 is 10.6 Å². The smallest absolute Gasteiger partial charge is 0.251 e. The number of hydrogen-bond donors (Lipinski definition) is 2. The molecule has 22 heavy (non-hydrogen) atoms. The predicted molar refractivity (Wildman–Crippen MR) is 80.5 cm³/mol. The Morgan fingerprint density at radius 3 is 2.45 bits per heavy atom. The number of methoxy groups -OCH3 is 1. The number of hydrogen-bond acceptors (Lipinski definition) is 4. The number of benzene rings is 1. The van der Waals surface area contributed by atoms with E-state index in [9.17, 15) is 9.59 Å². The van der Waals surface area contributed by atoms with Gasteiger partial charge < -0.3 is 19.8 Å². The molecule has 116 valence electrons. The zero-order valence-corrected chi connectivity index (χ0v) is 12.3. The molecule has 0 atom stereocenters. The first kappa shape index (κ1) is 15.8. The van der Waals surface area contributed by atoms with E-state index in [0.29, 0.717) is 36.6 Å². The molecule has 0 radical (unpaired) electrons. The van der Waals surface area contributed by atoms with Crippen molar-refractivity contribution >= 4 is 11.8 Å². The highest BCUT2D eigenvalue weighted by Gasteiger charge is 2.10. The first-order valence-corrected chi connectivity index (χ1v) is 6.88. The molecule has 6 nitrogen and oxygen atoms in total. The highest BCUT2D eigenvalue weighted by molar-refractivity contribution is 5.99. The van der Waals surface area contributed by atoms with Gasteiger partial charge in [-0.25, -0.2) is 0 Å². The molecule has 1 heterocycles. The van der Waals surface area contributed by atoms with E-state index in [-0.39, 0.29) is 11.8 Å². The van der Waals surface area contributed by atoms with Crippen LogP contribution >= 0.6 is 0 Å². The van der Waals surface area contributed by atoms with Gasteiger partial charge in [0.25, 0.3) is 11.8 Å². The molecule has 2 aromatic rings. The Labute approximate surface area is 128 Å². The lowest BCUT2D eigenvalue weighted by molar-refractivity contribution is 0.0937.